The Morgan fingerprint density at radius 1 is 1.62 bits per heavy atom. The molecule has 74 valence electrons. The first kappa shape index (κ1) is 10.5. The van der Waals surface area contributed by atoms with E-state index in [9.17, 15) is 0 Å². The van der Waals surface area contributed by atoms with Crippen LogP contribution in [0.25, 0.3) is 0 Å². The van der Waals surface area contributed by atoms with Crippen molar-refractivity contribution in [2.45, 2.75) is 31.8 Å². The van der Waals surface area contributed by atoms with Crippen LogP contribution in [0.2, 0.25) is 0 Å². The van der Waals surface area contributed by atoms with E-state index in [1.54, 1.807) is 7.05 Å². The van der Waals surface area contributed by atoms with Crippen molar-refractivity contribution in [2.75, 3.05) is 13.7 Å². The second-order valence-corrected chi connectivity index (χ2v) is 3.60. The molecule has 0 bridgehead atoms. The van der Waals surface area contributed by atoms with E-state index in [1.807, 2.05) is 12.3 Å². The predicted octanol–water partition coefficient (Wildman–Crippen LogP) is 2.45. The summed E-state index contributed by atoms with van der Waals surface area (Å²) in [6.07, 6.45) is 9.05. The number of nitrogens with zero attached hydrogens (tertiary/aromatic N) is 1. The van der Waals surface area contributed by atoms with Gasteiger partial charge in [-0.15, -0.1) is 6.58 Å². The highest BCUT2D eigenvalue weighted by atomic mass is 16.5. The molecule has 0 spiro atoms. The largest absolute Gasteiger partial charge is 0.372 e. The highest BCUT2D eigenvalue weighted by molar-refractivity contribution is 5.58. The molecule has 0 amide bonds. The van der Waals surface area contributed by atoms with E-state index in [1.165, 1.54) is 19.3 Å². The first-order valence-corrected chi connectivity index (χ1v) is 5.00. The lowest BCUT2D eigenvalue weighted by Gasteiger charge is -2.14. The van der Waals surface area contributed by atoms with Crippen LogP contribution in [0.1, 0.15) is 25.7 Å². The lowest BCUT2D eigenvalue weighted by molar-refractivity contribution is 0.0746. The van der Waals surface area contributed by atoms with Crippen LogP contribution in [0, 0.1) is 5.92 Å². The van der Waals surface area contributed by atoms with Crippen LogP contribution in [0.4, 0.5) is 0 Å². The summed E-state index contributed by atoms with van der Waals surface area (Å²) in [7, 11) is 1.77. The Labute approximate surface area is 80.7 Å². The van der Waals surface area contributed by atoms with E-state index in [4.69, 9.17) is 4.74 Å². The number of hydrogen-bond donors (Lipinski definition) is 0. The quantitative estimate of drug-likeness (QED) is 0.436. The number of aliphatic imine (C=N–C) groups is 1. The summed E-state index contributed by atoms with van der Waals surface area (Å²) in [6.45, 7) is 4.38. The van der Waals surface area contributed by atoms with Crippen molar-refractivity contribution < 1.29 is 4.74 Å². The predicted molar refractivity (Wildman–Crippen MR) is 56.3 cm³/mol. The van der Waals surface area contributed by atoms with Gasteiger partial charge in [0.15, 0.2) is 0 Å². The average molecular weight is 181 g/mol. The zero-order valence-corrected chi connectivity index (χ0v) is 8.41. The van der Waals surface area contributed by atoms with Crippen molar-refractivity contribution in [3.05, 3.63) is 12.7 Å². The third kappa shape index (κ3) is 4.83. The van der Waals surface area contributed by atoms with Crippen LogP contribution in [0.3, 0.4) is 0 Å². The van der Waals surface area contributed by atoms with Gasteiger partial charge < -0.3 is 4.74 Å². The monoisotopic (exact) mass is 181 g/mol. The first-order valence-electron chi connectivity index (χ1n) is 5.00. The molecule has 0 aromatic carbocycles. The molecular weight excluding hydrogens is 162 g/mol. The Bertz CT molecular complexity index is 173. The van der Waals surface area contributed by atoms with E-state index < -0.39 is 0 Å². The Hall–Kier alpha value is -0.630. The fraction of sp³-hybridized carbons (Fsp3) is 0.727. The second-order valence-electron chi connectivity index (χ2n) is 3.60. The molecule has 1 fully saturated rings. The van der Waals surface area contributed by atoms with Crippen LogP contribution in [-0.2, 0) is 4.74 Å². The fourth-order valence-electron chi connectivity index (χ4n) is 1.40. The van der Waals surface area contributed by atoms with Crippen LogP contribution >= 0.6 is 0 Å². The fourth-order valence-corrected chi connectivity index (χ4v) is 1.40. The topological polar surface area (TPSA) is 21.6 Å². The molecule has 0 aromatic heterocycles. The minimum Gasteiger partial charge on any atom is -0.372 e. The van der Waals surface area contributed by atoms with Gasteiger partial charge in [0.1, 0.15) is 0 Å². The van der Waals surface area contributed by atoms with Gasteiger partial charge in [-0.1, -0.05) is 18.9 Å². The Balaban J connectivity index is 2.14. The molecule has 0 saturated heterocycles. The summed E-state index contributed by atoms with van der Waals surface area (Å²) >= 11 is 0. The Morgan fingerprint density at radius 3 is 2.92 bits per heavy atom. The smallest absolute Gasteiger partial charge is 0.0818 e. The van der Waals surface area contributed by atoms with E-state index in [0.717, 1.165) is 12.3 Å². The lowest BCUT2D eigenvalue weighted by atomic mass is 10.1. The molecule has 0 aliphatic heterocycles. The van der Waals surface area contributed by atoms with Gasteiger partial charge in [-0.2, -0.15) is 0 Å². The van der Waals surface area contributed by atoms with Crippen LogP contribution in [-0.4, -0.2) is 26.0 Å². The number of hydrogen-bond acceptors (Lipinski definition) is 2. The van der Waals surface area contributed by atoms with Crippen LogP contribution < -0.4 is 0 Å². The molecule has 2 nitrogen and oxygen atoms in total. The van der Waals surface area contributed by atoms with E-state index >= 15 is 0 Å². The van der Waals surface area contributed by atoms with Crippen molar-refractivity contribution in [1.29, 1.82) is 0 Å². The van der Waals surface area contributed by atoms with Crippen molar-refractivity contribution >= 4 is 6.21 Å². The summed E-state index contributed by atoms with van der Waals surface area (Å²) in [4.78, 5) is 3.89. The third-order valence-electron chi connectivity index (χ3n) is 2.31. The highest BCUT2D eigenvalue weighted by Crippen LogP contribution is 2.34. The molecule has 0 N–H and O–H groups in total. The maximum absolute atomic E-state index is 5.65. The number of rotatable bonds is 7. The third-order valence-corrected chi connectivity index (χ3v) is 2.31. The molecule has 1 rings (SSSR count). The summed E-state index contributed by atoms with van der Waals surface area (Å²) in [5.74, 6) is 0.920. The molecule has 0 radical (unpaired) electrons. The lowest BCUT2D eigenvalue weighted by Crippen LogP contribution is -2.14. The normalized spacial score (nSPS) is 19.2. The molecular formula is C11H19NO. The minimum atomic E-state index is 0.364. The van der Waals surface area contributed by atoms with Crippen molar-refractivity contribution in [3.63, 3.8) is 0 Å². The van der Waals surface area contributed by atoms with Gasteiger partial charge in [-0.25, -0.2) is 0 Å². The van der Waals surface area contributed by atoms with Crippen LogP contribution in [0.15, 0.2) is 17.6 Å². The molecule has 1 atom stereocenters. The van der Waals surface area contributed by atoms with Gasteiger partial charge in [0.2, 0.25) is 0 Å². The SMILES string of the molecule is C=CCC(CC1CC1)OCC=NC. The second kappa shape index (κ2) is 5.92. The zero-order valence-electron chi connectivity index (χ0n) is 8.41. The summed E-state index contributed by atoms with van der Waals surface area (Å²) < 4.78 is 5.65. The van der Waals surface area contributed by atoms with Crippen molar-refractivity contribution in [3.8, 4) is 0 Å². The van der Waals surface area contributed by atoms with Crippen molar-refractivity contribution in [1.82, 2.24) is 0 Å². The molecule has 1 saturated carbocycles. The van der Waals surface area contributed by atoms with E-state index in [2.05, 4.69) is 11.6 Å². The Morgan fingerprint density at radius 2 is 2.38 bits per heavy atom. The summed E-state index contributed by atoms with van der Waals surface area (Å²) in [5.41, 5.74) is 0. The van der Waals surface area contributed by atoms with Gasteiger partial charge in [-0.05, 0) is 18.8 Å². The molecule has 13 heavy (non-hydrogen) atoms. The summed E-state index contributed by atoms with van der Waals surface area (Å²) in [5, 5.41) is 0. The van der Waals surface area contributed by atoms with Gasteiger partial charge in [0.05, 0.1) is 12.7 Å². The molecule has 0 aromatic rings. The van der Waals surface area contributed by atoms with Crippen molar-refractivity contribution in [2.24, 2.45) is 10.9 Å². The Kier molecular flexibility index (Phi) is 4.76. The molecule has 1 aliphatic carbocycles. The average Bonchev–Trinajstić information content (AvgIpc) is 2.89. The summed E-state index contributed by atoms with van der Waals surface area (Å²) in [6, 6.07) is 0. The molecule has 2 heteroatoms. The van der Waals surface area contributed by atoms with Gasteiger partial charge >= 0.3 is 0 Å². The molecule has 0 heterocycles. The minimum absolute atomic E-state index is 0.364. The van der Waals surface area contributed by atoms with Gasteiger partial charge in [-0.3, -0.25) is 4.99 Å². The zero-order chi connectivity index (χ0) is 9.52. The van der Waals surface area contributed by atoms with Gasteiger partial charge in [0, 0.05) is 13.3 Å². The first-order chi connectivity index (χ1) is 6.36. The van der Waals surface area contributed by atoms with E-state index in [-0.39, 0.29) is 0 Å². The maximum atomic E-state index is 5.65. The molecule has 1 unspecified atom stereocenters. The van der Waals surface area contributed by atoms with Gasteiger partial charge in [0.25, 0.3) is 0 Å². The highest BCUT2D eigenvalue weighted by Gasteiger charge is 2.25. The van der Waals surface area contributed by atoms with Crippen LogP contribution in [0.5, 0.6) is 0 Å². The van der Waals surface area contributed by atoms with E-state index in [0.29, 0.717) is 12.7 Å². The molecule has 1 aliphatic rings. The number of ether oxygens (including phenoxy) is 1. The maximum Gasteiger partial charge on any atom is 0.0818 e. The standard InChI is InChI=1S/C11H19NO/c1-3-4-11(9-10-5-6-10)13-8-7-12-2/h3,7,10-11H,1,4-6,8-9H2,2H3.